The summed E-state index contributed by atoms with van der Waals surface area (Å²) < 4.78 is 5.26. The largest absolute Gasteiger partial charge is 0.381 e. The van der Waals surface area contributed by atoms with Crippen molar-refractivity contribution in [1.29, 1.82) is 0 Å². The Morgan fingerprint density at radius 3 is 2.71 bits per heavy atom. The molecule has 1 aromatic carbocycles. The van der Waals surface area contributed by atoms with E-state index in [0.29, 0.717) is 6.61 Å². The number of aryl methyl sites for hydroxylation is 1. The summed E-state index contributed by atoms with van der Waals surface area (Å²) in [6, 6.07) is 8.09. The van der Waals surface area contributed by atoms with Crippen LogP contribution in [0.5, 0.6) is 0 Å². The molecule has 1 aliphatic heterocycles. The van der Waals surface area contributed by atoms with Crippen LogP contribution in [0.25, 0.3) is 0 Å². The molecule has 2 rings (SSSR count). The number of carbonyl (C=O) groups is 1. The molecule has 0 radical (unpaired) electrons. The highest BCUT2D eigenvalue weighted by atomic mass is 16.5. The molecule has 2 heteroatoms. The van der Waals surface area contributed by atoms with Crippen LogP contribution in [0.3, 0.4) is 0 Å². The Morgan fingerprint density at radius 2 is 2.12 bits per heavy atom. The lowest BCUT2D eigenvalue weighted by Gasteiger charge is -2.07. The van der Waals surface area contributed by atoms with E-state index in [0.717, 1.165) is 25.0 Å². The van der Waals surface area contributed by atoms with Gasteiger partial charge < -0.3 is 4.74 Å². The van der Waals surface area contributed by atoms with Crippen molar-refractivity contribution in [3.63, 3.8) is 0 Å². The van der Waals surface area contributed by atoms with Gasteiger partial charge in [0.25, 0.3) is 0 Å². The van der Waals surface area contributed by atoms with Gasteiger partial charge >= 0.3 is 0 Å². The van der Waals surface area contributed by atoms with Crippen molar-refractivity contribution < 1.29 is 9.53 Å². The van der Waals surface area contributed by atoms with E-state index in [2.05, 4.69) is 19.1 Å². The standard InChI is InChI=1S/C15H20O2/c1-2-3-4-12-5-7-13(8-6-12)15(16)14-9-10-17-11-14/h5-8,14H,2-4,9-11H2,1H3. The fourth-order valence-corrected chi connectivity index (χ4v) is 2.19. The van der Waals surface area contributed by atoms with E-state index in [1.807, 2.05) is 12.1 Å². The molecule has 1 aliphatic rings. The van der Waals surface area contributed by atoms with Crippen LogP contribution in [0.4, 0.5) is 0 Å². The van der Waals surface area contributed by atoms with Gasteiger partial charge in [-0.2, -0.15) is 0 Å². The summed E-state index contributed by atoms with van der Waals surface area (Å²) in [6.45, 7) is 3.51. The highest BCUT2D eigenvalue weighted by Gasteiger charge is 2.24. The second kappa shape index (κ2) is 5.97. The summed E-state index contributed by atoms with van der Waals surface area (Å²) in [4.78, 5) is 12.1. The third-order valence-electron chi connectivity index (χ3n) is 3.36. The van der Waals surface area contributed by atoms with Crippen molar-refractivity contribution >= 4 is 5.78 Å². The van der Waals surface area contributed by atoms with Gasteiger partial charge in [-0.3, -0.25) is 4.79 Å². The average molecular weight is 232 g/mol. The Hall–Kier alpha value is -1.15. The molecule has 0 aliphatic carbocycles. The number of rotatable bonds is 5. The lowest BCUT2D eigenvalue weighted by molar-refractivity contribution is 0.0900. The molecule has 92 valence electrons. The monoisotopic (exact) mass is 232 g/mol. The smallest absolute Gasteiger partial charge is 0.168 e. The lowest BCUT2D eigenvalue weighted by atomic mass is 9.96. The molecule has 1 aromatic rings. The minimum atomic E-state index is 0.0801. The van der Waals surface area contributed by atoms with Crippen LogP contribution in [0.15, 0.2) is 24.3 Å². The molecule has 1 unspecified atom stereocenters. The van der Waals surface area contributed by atoms with Crippen LogP contribution in [-0.4, -0.2) is 19.0 Å². The lowest BCUT2D eigenvalue weighted by Crippen LogP contribution is -2.14. The van der Waals surface area contributed by atoms with Crippen LogP contribution in [0, 0.1) is 5.92 Å². The molecule has 0 saturated carbocycles. The van der Waals surface area contributed by atoms with Crippen molar-refractivity contribution in [3.8, 4) is 0 Å². The fourth-order valence-electron chi connectivity index (χ4n) is 2.19. The van der Waals surface area contributed by atoms with Gasteiger partial charge in [0.15, 0.2) is 5.78 Å². The quantitative estimate of drug-likeness (QED) is 0.728. The Bertz CT molecular complexity index is 361. The summed E-state index contributed by atoms with van der Waals surface area (Å²) in [7, 11) is 0. The molecule has 17 heavy (non-hydrogen) atoms. The maximum Gasteiger partial charge on any atom is 0.168 e. The van der Waals surface area contributed by atoms with Crippen molar-refractivity contribution in [1.82, 2.24) is 0 Å². The first-order valence-electron chi connectivity index (χ1n) is 6.52. The third-order valence-corrected chi connectivity index (χ3v) is 3.36. The molecule has 1 atom stereocenters. The van der Waals surface area contributed by atoms with Crippen LogP contribution in [0.1, 0.15) is 42.1 Å². The molecule has 1 heterocycles. The molecule has 0 spiro atoms. The first kappa shape index (κ1) is 12.3. The second-order valence-electron chi connectivity index (χ2n) is 4.73. The zero-order chi connectivity index (χ0) is 12.1. The van der Waals surface area contributed by atoms with E-state index in [9.17, 15) is 4.79 Å². The number of hydrogen-bond acceptors (Lipinski definition) is 2. The van der Waals surface area contributed by atoms with Crippen LogP contribution >= 0.6 is 0 Å². The highest BCUT2D eigenvalue weighted by molar-refractivity contribution is 5.98. The van der Waals surface area contributed by atoms with Crippen molar-refractivity contribution in [2.75, 3.05) is 13.2 Å². The molecule has 0 N–H and O–H groups in total. The van der Waals surface area contributed by atoms with Crippen LogP contribution < -0.4 is 0 Å². The number of hydrogen-bond donors (Lipinski definition) is 0. The number of benzene rings is 1. The fraction of sp³-hybridized carbons (Fsp3) is 0.533. The maximum absolute atomic E-state index is 12.1. The van der Waals surface area contributed by atoms with Gasteiger partial charge in [0.05, 0.1) is 6.61 Å². The topological polar surface area (TPSA) is 26.3 Å². The number of unbranched alkanes of at least 4 members (excludes halogenated alkanes) is 1. The summed E-state index contributed by atoms with van der Waals surface area (Å²) in [6.07, 6.45) is 4.40. The Labute approximate surface area is 103 Å². The van der Waals surface area contributed by atoms with Crippen molar-refractivity contribution in [3.05, 3.63) is 35.4 Å². The molecule has 0 aromatic heterocycles. The van der Waals surface area contributed by atoms with Gasteiger partial charge in [0, 0.05) is 18.1 Å². The normalized spacial score (nSPS) is 19.5. The van der Waals surface area contributed by atoms with Gasteiger partial charge in [-0.15, -0.1) is 0 Å². The molecular formula is C15H20O2. The molecular weight excluding hydrogens is 212 g/mol. The van der Waals surface area contributed by atoms with E-state index < -0.39 is 0 Å². The summed E-state index contributed by atoms with van der Waals surface area (Å²) >= 11 is 0. The Kier molecular flexibility index (Phi) is 4.32. The number of Topliss-reactive ketones (excluding diaryl/α,β-unsaturated/α-hetero) is 1. The predicted octanol–water partition coefficient (Wildman–Crippen LogP) is 3.25. The minimum Gasteiger partial charge on any atom is -0.381 e. The Morgan fingerprint density at radius 1 is 1.35 bits per heavy atom. The van der Waals surface area contributed by atoms with Gasteiger partial charge in [-0.25, -0.2) is 0 Å². The summed E-state index contributed by atoms with van der Waals surface area (Å²) in [5.41, 5.74) is 2.16. The molecule has 2 nitrogen and oxygen atoms in total. The Balaban J connectivity index is 1.99. The predicted molar refractivity (Wildman–Crippen MR) is 68.3 cm³/mol. The van der Waals surface area contributed by atoms with Gasteiger partial charge in [0.1, 0.15) is 0 Å². The molecule has 0 amide bonds. The van der Waals surface area contributed by atoms with Gasteiger partial charge in [0.2, 0.25) is 0 Å². The van der Waals surface area contributed by atoms with Crippen molar-refractivity contribution in [2.24, 2.45) is 5.92 Å². The van der Waals surface area contributed by atoms with E-state index in [4.69, 9.17) is 4.74 Å². The average Bonchev–Trinajstić information content (AvgIpc) is 2.90. The molecule has 0 bridgehead atoms. The number of ketones is 1. The van der Waals surface area contributed by atoms with E-state index in [1.165, 1.54) is 18.4 Å². The van der Waals surface area contributed by atoms with Gasteiger partial charge in [-0.05, 0) is 24.8 Å². The number of ether oxygens (including phenoxy) is 1. The van der Waals surface area contributed by atoms with Crippen LogP contribution in [0.2, 0.25) is 0 Å². The highest BCUT2D eigenvalue weighted by Crippen LogP contribution is 2.19. The molecule has 1 fully saturated rings. The first-order chi connectivity index (χ1) is 8.31. The zero-order valence-electron chi connectivity index (χ0n) is 10.4. The van der Waals surface area contributed by atoms with E-state index in [1.54, 1.807) is 0 Å². The third kappa shape index (κ3) is 3.16. The minimum absolute atomic E-state index is 0.0801. The SMILES string of the molecule is CCCCc1ccc(C(=O)C2CCOC2)cc1. The van der Waals surface area contributed by atoms with E-state index >= 15 is 0 Å². The van der Waals surface area contributed by atoms with E-state index in [-0.39, 0.29) is 11.7 Å². The second-order valence-corrected chi connectivity index (χ2v) is 4.73. The van der Waals surface area contributed by atoms with Crippen molar-refractivity contribution in [2.45, 2.75) is 32.6 Å². The maximum atomic E-state index is 12.1. The van der Waals surface area contributed by atoms with Gasteiger partial charge in [-0.1, -0.05) is 37.6 Å². The summed E-state index contributed by atoms with van der Waals surface area (Å²) in [5.74, 6) is 0.320. The first-order valence-corrected chi connectivity index (χ1v) is 6.52. The summed E-state index contributed by atoms with van der Waals surface area (Å²) in [5, 5.41) is 0. The number of carbonyl (C=O) groups excluding carboxylic acids is 1. The zero-order valence-corrected chi connectivity index (χ0v) is 10.4. The van der Waals surface area contributed by atoms with Crippen LogP contribution in [-0.2, 0) is 11.2 Å². The molecule has 1 saturated heterocycles.